The van der Waals surface area contributed by atoms with Crippen LogP contribution in [0, 0.1) is 6.92 Å². The molecule has 1 aliphatic rings. The van der Waals surface area contributed by atoms with Crippen LogP contribution in [0.2, 0.25) is 0 Å². The van der Waals surface area contributed by atoms with Gasteiger partial charge in [-0.25, -0.2) is 4.79 Å². The number of ether oxygens (including phenoxy) is 1. The highest BCUT2D eigenvalue weighted by Gasteiger charge is 2.23. The third-order valence-corrected chi connectivity index (χ3v) is 3.89. The molecule has 0 spiro atoms. The van der Waals surface area contributed by atoms with Gasteiger partial charge in [-0.15, -0.1) is 0 Å². The maximum atomic E-state index is 12.4. The van der Waals surface area contributed by atoms with E-state index in [2.05, 4.69) is 4.98 Å². The van der Waals surface area contributed by atoms with Crippen molar-refractivity contribution in [2.24, 2.45) is 0 Å². The van der Waals surface area contributed by atoms with E-state index in [1.165, 1.54) is 6.20 Å². The summed E-state index contributed by atoms with van der Waals surface area (Å²) >= 11 is 0. The first-order valence-corrected chi connectivity index (χ1v) is 7.63. The molecule has 0 saturated heterocycles. The van der Waals surface area contributed by atoms with E-state index in [-0.39, 0.29) is 12.5 Å². The van der Waals surface area contributed by atoms with Gasteiger partial charge in [-0.1, -0.05) is 18.2 Å². The number of fused-ring (bicyclic) bond motifs is 1. The summed E-state index contributed by atoms with van der Waals surface area (Å²) in [5.74, 6) is -0.735. The molecule has 0 radical (unpaired) electrons. The number of hydrogen-bond donors (Lipinski definition) is 0. The van der Waals surface area contributed by atoms with E-state index in [0.717, 1.165) is 29.8 Å². The molecule has 0 bridgehead atoms. The molecule has 0 saturated carbocycles. The topological polar surface area (TPSA) is 59.5 Å². The molecule has 0 fully saturated rings. The van der Waals surface area contributed by atoms with Gasteiger partial charge in [0.25, 0.3) is 5.91 Å². The van der Waals surface area contributed by atoms with E-state index in [0.29, 0.717) is 12.1 Å². The van der Waals surface area contributed by atoms with Crippen LogP contribution in [0.25, 0.3) is 0 Å². The fourth-order valence-corrected chi connectivity index (χ4v) is 2.67. The summed E-state index contributed by atoms with van der Waals surface area (Å²) in [7, 11) is 0. The molecule has 118 valence electrons. The van der Waals surface area contributed by atoms with E-state index in [1.54, 1.807) is 17.0 Å². The predicted octanol–water partition coefficient (Wildman–Crippen LogP) is 2.53. The van der Waals surface area contributed by atoms with Crippen molar-refractivity contribution in [3.63, 3.8) is 0 Å². The van der Waals surface area contributed by atoms with Crippen molar-refractivity contribution >= 4 is 17.6 Å². The highest BCUT2D eigenvalue weighted by atomic mass is 16.5. The van der Waals surface area contributed by atoms with Gasteiger partial charge < -0.3 is 9.64 Å². The number of pyridine rings is 1. The Bertz CT molecular complexity index is 725. The van der Waals surface area contributed by atoms with Crippen molar-refractivity contribution in [1.82, 2.24) is 4.98 Å². The number of aryl methyl sites for hydroxylation is 2. The van der Waals surface area contributed by atoms with Crippen LogP contribution in [-0.2, 0) is 16.0 Å². The molecule has 5 nitrogen and oxygen atoms in total. The number of carbonyl (C=O) groups excluding carboxylic acids is 2. The van der Waals surface area contributed by atoms with Gasteiger partial charge in [-0.3, -0.25) is 9.78 Å². The molecular formula is C18H18N2O3. The van der Waals surface area contributed by atoms with E-state index in [1.807, 2.05) is 31.2 Å². The minimum Gasteiger partial charge on any atom is -0.452 e. The van der Waals surface area contributed by atoms with E-state index >= 15 is 0 Å². The molecule has 1 aliphatic heterocycles. The molecule has 3 rings (SSSR count). The van der Waals surface area contributed by atoms with Gasteiger partial charge >= 0.3 is 5.97 Å². The summed E-state index contributed by atoms with van der Waals surface area (Å²) in [4.78, 5) is 30.1. The van der Waals surface area contributed by atoms with Crippen molar-refractivity contribution < 1.29 is 14.3 Å². The maximum Gasteiger partial charge on any atom is 0.340 e. The lowest BCUT2D eigenvalue weighted by Crippen LogP contribution is -2.38. The summed E-state index contributed by atoms with van der Waals surface area (Å²) < 4.78 is 5.13. The first-order chi connectivity index (χ1) is 11.1. The van der Waals surface area contributed by atoms with E-state index in [4.69, 9.17) is 4.74 Å². The highest BCUT2D eigenvalue weighted by Crippen LogP contribution is 2.26. The zero-order valence-electron chi connectivity index (χ0n) is 13.0. The zero-order chi connectivity index (χ0) is 16.2. The lowest BCUT2D eigenvalue weighted by atomic mass is 10.0. The van der Waals surface area contributed by atoms with Crippen LogP contribution >= 0.6 is 0 Å². The Hall–Kier alpha value is -2.69. The number of aromatic nitrogens is 1. The standard InChI is InChI=1S/C18H18N2O3/c1-13-8-9-15(11-19-13)18(22)23-12-17(21)20-10-4-6-14-5-2-3-7-16(14)20/h2-3,5,7-9,11H,4,6,10,12H2,1H3. The van der Waals surface area contributed by atoms with Crippen LogP contribution in [0.4, 0.5) is 5.69 Å². The Balaban J connectivity index is 1.64. The SMILES string of the molecule is Cc1ccc(C(=O)OCC(=O)N2CCCc3ccccc32)cn1. The molecule has 0 atom stereocenters. The number of anilines is 1. The number of benzene rings is 1. The van der Waals surface area contributed by atoms with Crippen LogP contribution in [-0.4, -0.2) is 30.0 Å². The van der Waals surface area contributed by atoms with Crippen LogP contribution < -0.4 is 4.90 Å². The summed E-state index contributed by atoms with van der Waals surface area (Å²) in [5, 5.41) is 0. The molecule has 2 heterocycles. The van der Waals surface area contributed by atoms with Gasteiger partial charge in [0.2, 0.25) is 0 Å². The van der Waals surface area contributed by atoms with Crippen molar-refractivity contribution in [3.8, 4) is 0 Å². The van der Waals surface area contributed by atoms with Gasteiger partial charge in [0, 0.05) is 24.1 Å². The van der Waals surface area contributed by atoms with Crippen molar-refractivity contribution in [1.29, 1.82) is 0 Å². The summed E-state index contributed by atoms with van der Waals surface area (Å²) in [6, 6.07) is 11.2. The molecule has 0 aliphatic carbocycles. The van der Waals surface area contributed by atoms with Gasteiger partial charge in [-0.2, -0.15) is 0 Å². The molecular weight excluding hydrogens is 292 g/mol. The quantitative estimate of drug-likeness (QED) is 0.817. The summed E-state index contributed by atoms with van der Waals surface area (Å²) in [6.45, 7) is 2.23. The fraction of sp³-hybridized carbons (Fsp3) is 0.278. The Kier molecular flexibility index (Phi) is 4.37. The van der Waals surface area contributed by atoms with Crippen molar-refractivity contribution in [3.05, 3.63) is 59.4 Å². The minimum absolute atomic E-state index is 0.203. The summed E-state index contributed by atoms with van der Waals surface area (Å²) in [5.41, 5.74) is 3.24. The lowest BCUT2D eigenvalue weighted by molar-refractivity contribution is -0.121. The van der Waals surface area contributed by atoms with Gasteiger partial charge in [0.1, 0.15) is 0 Å². The molecule has 1 aromatic heterocycles. The number of esters is 1. The molecule has 1 amide bonds. The average Bonchev–Trinajstić information content (AvgIpc) is 2.59. The second-order valence-electron chi connectivity index (χ2n) is 5.54. The van der Waals surface area contributed by atoms with Crippen LogP contribution in [0.5, 0.6) is 0 Å². The number of rotatable bonds is 3. The Morgan fingerprint density at radius 3 is 2.83 bits per heavy atom. The van der Waals surface area contributed by atoms with Crippen molar-refractivity contribution in [2.45, 2.75) is 19.8 Å². The fourth-order valence-electron chi connectivity index (χ4n) is 2.67. The highest BCUT2D eigenvalue weighted by molar-refractivity contribution is 5.97. The average molecular weight is 310 g/mol. The smallest absolute Gasteiger partial charge is 0.340 e. The Morgan fingerprint density at radius 1 is 1.22 bits per heavy atom. The number of nitrogens with zero attached hydrogens (tertiary/aromatic N) is 2. The molecule has 2 aromatic rings. The number of hydrogen-bond acceptors (Lipinski definition) is 4. The molecule has 5 heteroatoms. The molecule has 0 unspecified atom stereocenters. The largest absolute Gasteiger partial charge is 0.452 e. The van der Waals surface area contributed by atoms with Gasteiger partial charge in [-0.05, 0) is 43.5 Å². The first kappa shape index (κ1) is 15.2. The van der Waals surface area contributed by atoms with Crippen LogP contribution in [0.3, 0.4) is 0 Å². The molecule has 0 N–H and O–H groups in total. The molecule has 1 aromatic carbocycles. The maximum absolute atomic E-state index is 12.4. The lowest BCUT2D eigenvalue weighted by Gasteiger charge is -2.29. The first-order valence-electron chi connectivity index (χ1n) is 7.63. The van der Waals surface area contributed by atoms with Gasteiger partial charge in [0.15, 0.2) is 6.61 Å². The Morgan fingerprint density at radius 2 is 2.04 bits per heavy atom. The minimum atomic E-state index is -0.531. The third-order valence-electron chi connectivity index (χ3n) is 3.89. The number of para-hydroxylation sites is 1. The third kappa shape index (κ3) is 3.39. The van der Waals surface area contributed by atoms with E-state index < -0.39 is 5.97 Å². The predicted molar refractivity (Wildman–Crippen MR) is 86.4 cm³/mol. The van der Waals surface area contributed by atoms with Crippen LogP contribution in [0.15, 0.2) is 42.6 Å². The second-order valence-corrected chi connectivity index (χ2v) is 5.54. The summed E-state index contributed by atoms with van der Waals surface area (Å²) in [6.07, 6.45) is 3.34. The zero-order valence-corrected chi connectivity index (χ0v) is 13.0. The second kappa shape index (κ2) is 6.60. The van der Waals surface area contributed by atoms with Crippen LogP contribution in [0.1, 0.15) is 28.0 Å². The van der Waals surface area contributed by atoms with Crippen molar-refractivity contribution in [2.75, 3.05) is 18.1 Å². The number of amides is 1. The Labute approximate surface area is 134 Å². The van der Waals surface area contributed by atoms with Gasteiger partial charge in [0.05, 0.1) is 5.56 Å². The van der Waals surface area contributed by atoms with E-state index in [9.17, 15) is 9.59 Å². The number of carbonyl (C=O) groups is 2. The molecule has 23 heavy (non-hydrogen) atoms. The monoisotopic (exact) mass is 310 g/mol. The normalized spacial score (nSPS) is 13.3.